The van der Waals surface area contributed by atoms with Crippen LogP contribution < -0.4 is 20.3 Å². The largest absolute Gasteiger partial charge is 0.354 e. The third kappa shape index (κ3) is 5.10. The van der Waals surface area contributed by atoms with Crippen LogP contribution in [0, 0.1) is 17.6 Å². The molecule has 3 atom stereocenters. The van der Waals surface area contributed by atoms with E-state index in [-0.39, 0.29) is 15.9 Å². The summed E-state index contributed by atoms with van der Waals surface area (Å²) in [6.45, 7) is 3.33. The van der Waals surface area contributed by atoms with E-state index in [9.17, 15) is 14.0 Å². The topological polar surface area (TPSA) is 67.2 Å². The lowest BCUT2D eigenvalue weighted by molar-refractivity contribution is -0.134. The van der Waals surface area contributed by atoms with Gasteiger partial charge in [-0.1, -0.05) is 17.7 Å². The fourth-order valence-corrected chi connectivity index (χ4v) is 5.93. The first-order valence-corrected chi connectivity index (χ1v) is 13.3. The van der Waals surface area contributed by atoms with Gasteiger partial charge in [0.05, 0.1) is 6.54 Å². The van der Waals surface area contributed by atoms with Crippen molar-refractivity contribution in [2.24, 2.45) is 13.0 Å². The van der Waals surface area contributed by atoms with Crippen molar-refractivity contribution in [3.05, 3.63) is 87.2 Å². The van der Waals surface area contributed by atoms with Crippen molar-refractivity contribution in [3.63, 3.8) is 0 Å². The number of quaternary nitrogens is 1. The van der Waals surface area contributed by atoms with E-state index in [1.165, 1.54) is 22.9 Å². The number of halogens is 3. The van der Waals surface area contributed by atoms with Crippen molar-refractivity contribution in [2.45, 2.75) is 18.8 Å². The first-order chi connectivity index (χ1) is 18.3. The molecule has 0 bridgehead atoms. The van der Waals surface area contributed by atoms with E-state index in [1.54, 1.807) is 25.2 Å². The van der Waals surface area contributed by atoms with E-state index in [4.69, 9.17) is 11.6 Å². The maximum Gasteiger partial charge on any atom is 0.324 e. The normalized spacial score (nSPS) is 24.2. The number of carbonyl (C=O) groups excluding carboxylic acids is 1. The number of anilines is 1. The number of carbonyl (C=O) groups is 1. The van der Waals surface area contributed by atoms with Crippen LogP contribution in [-0.4, -0.2) is 55.0 Å². The van der Waals surface area contributed by atoms with Crippen molar-refractivity contribution in [2.75, 3.05) is 44.2 Å². The Morgan fingerprint density at radius 2 is 1.82 bits per heavy atom. The first-order valence-electron chi connectivity index (χ1n) is 12.9. The minimum atomic E-state index is -0.671. The highest BCUT2D eigenvalue weighted by Crippen LogP contribution is 2.40. The van der Waals surface area contributed by atoms with Gasteiger partial charge < -0.3 is 10.2 Å². The van der Waals surface area contributed by atoms with Crippen LogP contribution in [0.4, 0.5) is 20.3 Å². The van der Waals surface area contributed by atoms with Gasteiger partial charge in [-0.25, -0.2) is 22.7 Å². The number of hydrogen-bond acceptors (Lipinski definition) is 5. The minimum Gasteiger partial charge on any atom is -0.354 e. The van der Waals surface area contributed by atoms with Crippen molar-refractivity contribution < 1.29 is 13.6 Å². The Kier molecular flexibility index (Phi) is 7.61. The Morgan fingerprint density at radius 1 is 1.03 bits per heavy atom. The molecule has 0 spiro atoms. The number of nitrogens with zero attached hydrogens (tertiary/aromatic N) is 4. The van der Waals surface area contributed by atoms with Gasteiger partial charge in [0, 0.05) is 61.9 Å². The van der Waals surface area contributed by atoms with Crippen LogP contribution in [0.1, 0.15) is 24.3 Å². The summed E-state index contributed by atoms with van der Waals surface area (Å²) in [4.78, 5) is 28.6. The van der Waals surface area contributed by atoms with Gasteiger partial charge in [-0.05, 0) is 49.2 Å². The van der Waals surface area contributed by atoms with E-state index in [1.807, 2.05) is 17.0 Å². The second-order valence-electron chi connectivity index (χ2n) is 10.1. The SMILES string of the molecule is Cn1nc(N2C[C@@H](C(=O)[N+]3(c4ccc(Cl)cc4)CCCCNCC3)[C@H](c3ccc(F)cc3F)C2)ccc1=O. The predicted molar refractivity (Wildman–Crippen MR) is 144 cm³/mol. The molecule has 3 heterocycles. The van der Waals surface area contributed by atoms with Crippen molar-refractivity contribution in [1.29, 1.82) is 0 Å². The molecule has 1 unspecified atom stereocenters. The Hall–Kier alpha value is -3.14. The maximum atomic E-state index is 15.1. The van der Waals surface area contributed by atoms with Crippen LogP contribution >= 0.6 is 11.6 Å². The molecule has 1 N–H and O–H groups in total. The van der Waals surface area contributed by atoms with Gasteiger partial charge in [0.15, 0.2) is 0 Å². The number of aromatic nitrogens is 2. The summed E-state index contributed by atoms with van der Waals surface area (Å²) < 4.78 is 30.3. The Balaban J connectivity index is 1.59. The van der Waals surface area contributed by atoms with Crippen LogP contribution in [0.2, 0.25) is 5.02 Å². The molecule has 7 nitrogen and oxygen atoms in total. The second kappa shape index (κ2) is 10.9. The Labute approximate surface area is 225 Å². The number of rotatable bonds is 4. The van der Waals surface area contributed by atoms with Crippen LogP contribution in [0.25, 0.3) is 0 Å². The lowest BCUT2D eigenvalue weighted by Gasteiger charge is -2.39. The zero-order valence-corrected chi connectivity index (χ0v) is 22.0. The molecule has 2 aliphatic heterocycles. The standard InChI is InChI=1S/C28H31ClF2N5O2/c1-34-27(37)11-10-26(33-34)35-17-23(22-9-6-20(30)16-25(22)31)24(18-35)28(38)36(14-3-2-12-32-13-15-36)21-7-4-19(29)5-8-21/h4-11,16,23-24,32H,2-3,12-15,17-18H2,1H3/q+1/t23-,24+,36?/m0/s1. The van der Waals surface area contributed by atoms with Gasteiger partial charge in [0.25, 0.3) is 5.56 Å². The zero-order chi connectivity index (χ0) is 26.9. The first kappa shape index (κ1) is 26.5. The van der Waals surface area contributed by atoms with Crippen molar-refractivity contribution >= 4 is 29.0 Å². The summed E-state index contributed by atoms with van der Waals surface area (Å²) in [6, 6.07) is 14.0. The summed E-state index contributed by atoms with van der Waals surface area (Å²) in [5.41, 5.74) is 0.902. The molecule has 5 rings (SSSR count). The van der Waals surface area contributed by atoms with Crippen LogP contribution in [0.3, 0.4) is 0 Å². The van der Waals surface area contributed by atoms with Gasteiger partial charge in [0.1, 0.15) is 35.6 Å². The van der Waals surface area contributed by atoms with Gasteiger partial charge in [0.2, 0.25) is 0 Å². The molecule has 0 radical (unpaired) electrons. The number of nitrogens with one attached hydrogen (secondary N) is 1. The van der Waals surface area contributed by atoms with E-state index >= 15 is 4.39 Å². The third-order valence-electron chi connectivity index (χ3n) is 7.83. The van der Waals surface area contributed by atoms with Crippen LogP contribution in [0.15, 0.2) is 59.4 Å². The number of hydrogen-bond donors (Lipinski definition) is 1. The molecular formula is C28H31ClF2N5O2+. The highest BCUT2D eigenvalue weighted by molar-refractivity contribution is 6.30. The lowest BCUT2D eigenvalue weighted by Crippen LogP contribution is -2.61. The summed E-state index contributed by atoms with van der Waals surface area (Å²) in [5, 5.41) is 8.38. The summed E-state index contributed by atoms with van der Waals surface area (Å²) in [5.74, 6) is -1.94. The minimum absolute atomic E-state index is 0.0166. The Morgan fingerprint density at radius 3 is 2.55 bits per heavy atom. The van der Waals surface area contributed by atoms with Crippen LogP contribution in [-0.2, 0) is 11.8 Å². The van der Waals surface area contributed by atoms with Crippen molar-refractivity contribution in [1.82, 2.24) is 19.6 Å². The highest BCUT2D eigenvalue weighted by atomic mass is 35.5. The van der Waals surface area contributed by atoms with Gasteiger partial charge in [-0.2, -0.15) is 5.10 Å². The van der Waals surface area contributed by atoms with Gasteiger partial charge in [-0.15, -0.1) is 0 Å². The zero-order valence-electron chi connectivity index (χ0n) is 21.2. The number of benzene rings is 2. The highest BCUT2D eigenvalue weighted by Gasteiger charge is 2.50. The van der Waals surface area contributed by atoms with E-state index < -0.39 is 23.5 Å². The molecule has 2 aliphatic rings. The number of amides is 1. The summed E-state index contributed by atoms with van der Waals surface area (Å²) >= 11 is 6.19. The Bertz CT molecular complexity index is 1370. The molecule has 10 heteroatoms. The summed E-state index contributed by atoms with van der Waals surface area (Å²) in [6.07, 6.45) is 1.78. The predicted octanol–water partition coefficient (Wildman–Crippen LogP) is 3.85. The molecule has 1 aromatic heterocycles. The molecule has 0 aliphatic carbocycles. The van der Waals surface area contributed by atoms with E-state index in [0.29, 0.717) is 49.1 Å². The monoisotopic (exact) mass is 542 g/mol. The summed E-state index contributed by atoms with van der Waals surface area (Å²) in [7, 11) is 1.57. The fourth-order valence-electron chi connectivity index (χ4n) is 5.81. The van der Waals surface area contributed by atoms with Gasteiger partial charge >= 0.3 is 5.91 Å². The average Bonchev–Trinajstić information content (AvgIpc) is 3.31. The average molecular weight is 543 g/mol. The molecule has 3 aromatic rings. The van der Waals surface area contributed by atoms with Crippen molar-refractivity contribution in [3.8, 4) is 0 Å². The van der Waals surface area contributed by atoms with E-state index in [2.05, 4.69) is 10.4 Å². The molecule has 200 valence electrons. The second-order valence-corrected chi connectivity index (χ2v) is 10.6. The quantitative estimate of drug-likeness (QED) is 0.507. The molecule has 2 fully saturated rings. The smallest absolute Gasteiger partial charge is 0.324 e. The number of aryl methyl sites for hydroxylation is 1. The van der Waals surface area contributed by atoms with E-state index in [0.717, 1.165) is 31.1 Å². The molecule has 2 saturated heterocycles. The third-order valence-corrected chi connectivity index (χ3v) is 8.08. The molecule has 1 amide bonds. The molecule has 0 saturated carbocycles. The fraction of sp³-hybridized carbons (Fsp3) is 0.393. The van der Waals surface area contributed by atoms with Gasteiger partial charge in [-0.3, -0.25) is 4.79 Å². The molecule has 38 heavy (non-hydrogen) atoms. The maximum absolute atomic E-state index is 15.1. The van der Waals surface area contributed by atoms with Crippen LogP contribution in [0.5, 0.6) is 0 Å². The molecule has 2 aromatic carbocycles. The lowest BCUT2D eigenvalue weighted by atomic mass is 9.86. The molecular weight excluding hydrogens is 512 g/mol.